The topological polar surface area (TPSA) is 26.3 Å². The highest BCUT2D eigenvalue weighted by atomic mass is 16.5. The molecule has 2 aliphatic heterocycles. The average molecular weight is 164 g/mol. The standard InChI is InChI=1S/C10H12O2/c1-5-6(2)10-8(7(3)11)4-9(5)12-10/h8-10H,1-2,4H2,3H3/t8-,9+,10+/m1/s1. The molecule has 0 aromatic rings. The van der Waals surface area contributed by atoms with Gasteiger partial charge in [0.15, 0.2) is 0 Å². The highest BCUT2D eigenvalue weighted by Crippen LogP contribution is 2.44. The van der Waals surface area contributed by atoms with Crippen molar-refractivity contribution in [2.24, 2.45) is 5.92 Å². The SMILES string of the molecule is C=C1C(=C)[C@@H]2O[C@H]1C[C@@H]2C(C)=O. The van der Waals surface area contributed by atoms with Gasteiger partial charge < -0.3 is 4.74 Å². The predicted molar refractivity (Wildman–Crippen MR) is 45.7 cm³/mol. The Morgan fingerprint density at radius 3 is 2.58 bits per heavy atom. The zero-order chi connectivity index (χ0) is 8.88. The predicted octanol–water partition coefficient (Wildman–Crippen LogP) is 1.48. The molecule has 2 fully saturated rings. The van der Waals surface area contributed by atoms with E-state index in [0.717, 1.165) is 17.6 Å². The summed E-state index contributed by atoms with van der Waals surface area (Å²) in [4.78, 5) is 11.1. The Bertz CT molecular complexity index is 278. The summed E-state index contributed by atoms with van der Waals surface area (Å²) in [5.41, 5.74) is 1.91. The van der Waals surface area contributed by atoms with Crippen LogP contribution in [-0.4, -0.2) is 18.0 Å². The van der Waals surface area contributed by atoms with Crippen LogP contribution in [-0.2, 0) is 9.53 Å². The molecule has 3 atom stereocenters. The van der Waals surface area contributed by atoms with Crippen LogP contribution in [0.4, 0.5) is 0 Å². The number of ketones is 1. The summed E-state index contributed by atoms with van der Waals surface area (Å²) >= 11 is 0. The molecule has 0 aliphatic carbocycles. The van der Waals surface area contributed by atoms with E-state index in [1.54, 1.807) is 6.92 Å². The smallest absolute Gasteiger partial charge is 0.135 e. The van der Waals surface area contributed by atoms with Crippen LogP contribution in [0.2, 0.25) is 0 Å². The van der Waals surface area contributed by atoms with Gasteiger partial charge in [-0.15, -0.1) is 0 Å². The second kappa shape index (κ2) is 2.30. The summed E-state index contributed by atoms with van der Waals surface area (Å²) in [6.07, 6.45) is 0.800. The molecule has 64 valence electrons. The second-order valence-corrected chi connectivity index (χ2v) is 3.55. The number of rotatable bonds is 1. The van der Waals surface area contributed by atoms with Gasteiger partial charge in [0.2, 0.25) is 0 Å². The zero-order valence-electron chi connectivity index (χ0n) is 7.17. The van der Waals surface area contributed by atoms with Crippen molar-refractivity contribution in [1.29, 1.82) is 0 Å². The van der Waals surface area contributed by atoms with E-state index in [4.69, 9.17) is 4.74 Å². The summed E-state index contributed by atoms with van der Waals surface area (Å²) < 4.78 is 5.55. The molecule has 2 nitrogen and oxygen atoms in total. The minimum absolute atomic E-state index is 0.0352. The van der Waals surface area contributed by atoms with Crippen LogP contribution in [0.5, 0.6) is 0 Å². The number of hydrogen-bond donors (Lipinski definition) is 0. The number of fused-ring (bicyclic) bond motifs is 2. The highest BCUT2D eigenvalue weighted by Gasteiger charge is 2.47. The molecule has 2 aliphatic rings. The fourth-order valence-electron chi connectivity index (χ4n) is 2.00. The van der Waals surface area contributed by atoms with Crippen LogP contribution in [0.15, 0.2) is 24.3 Å². The third-order valence-electron chi connectivity index (χ3n) is 2.81. The molecule has 0 unspecified atom stereocenters. The van der Waals surface area contributed by atoms with Crippen molar-refractivity contribution in [3.63, 3.8) is 0 Å². The molecule has 2 rings (SSSR count). The molecular formula is C10H12O2. The maximum Gasteiger partial charge on any atom is 0.135 e. The second-order valence-electron chi connectivity index (χ2n) is 3.55. The molecule has 0 amide bonds. The number of ether oxygens (including phenoxy) is 1. The molecule has 0 aromatic carbocycles. The first-order valence-corrected chi connectivity index (χ1v) is 4.15. The molecule has 0 N–H and O–H groups in total. The minimum Gasteiger partial charge on any atom is -0.365 e. The first kappa shape index (κ1) is 7.74. The van der Waals surface area contributed by atoms with Gasteiger partial charge in [0, 0.05) is 0 Å². The molecule has 2 heteroatoms. The Morgan fingerprint density at radius 1 is 1.50 bits per heavy atom. The van der Waals surface area contributed by atoms with E-state index in [2.05, 4.69) is 13.2 Å². The highest BCUT2D eigenvalue weighted by molar-refractivity contribution is 5.81. The molecule has 12 heavy (non-hydrogen) atoms. The first-order chi connectivity index (χ1) is 5.61. The van der Waals surface area contributed by atoms with E-state index < -0.39 is 0 Å². The summed E-state index contributed by atoms with van der Waals surface area (Å²) in [6.45, 7) is 9.37. The van der Waals surface area contributed by atoms with Crippen LogP contribution >= 0.6 is 0 Å². The van der Waals surface area contributed by atoms with Crippen molar-refractivity contribution in [3.8, 4) is 0 Å². The molecule has 2 heterocycles. The van der Waals surface area contributed by atoms with Crippen molar-refractivity contribution in [2.75, 3.05) is 0 Å². The van der Waals surface area contributed by atoms with Gasteiger partial charge in [-0.25, -0.2) is 0 Å². The van der Waals surface area contributed by atoms with Crippen molar-refractivity contribution in [2.45, 2.75) is 25.6 Å². The van der Waals surface area contributed by atoms with Gasteiger partial charge in [-0.05, 0) is 24.5 Å². The Morgan fingerprint density at radius 2 is 2.17 bits per heavy atom. The lowest BCUT2D eigenvalue weighted by atomic mass is 9.81. The van der Waals surface area contributed by atoms with Crippen molar-refractivity contribution in [1.82, 2.24) is 0 Å². The summed E-state index contributed by atoms with van der Waals surface area (Å²) in [5, 5.41) is 0. The van der Waals surface area contributed by atoms with E-state index >= 15 is 0 Å². The van der Waals surface area contributed by atoms with E-state index in [1.807, 2.05) is 0 Å². The lowest BCUT2D eigenvalue weighted by molar-refractivity contribution is -0.121. The van der Waals surface area contributed by atoms with Crippen LogP contribution in [0.25, 0.3) is 0 Å². The molecule has 0 aromatic heterocycles. The van der Waals surface area contributed by atoms with Gasteiger partial charge in [0.1, 0.15) is 5.78 Å². The number of carbonyl (C=O) groups is 1. The minimum atomic E-state index is -0.0694. The van der Waals surface area contributed by atoms with E-state index in [-0.39, 0.29) is 23.9 Å². The van der Waals surface area contributed by atoms with Gasteiger partial charge in [0.05, 0.1) is 18.1 Å². The average Bonchev–Trinajstić information content (AvgIpc) is 2.53. The third-order valence-corrected chi connectivity index (χ3v) is 2.81. The Balaban J connectivity index is 2.26. The van der Waals surface area contributed by atoms with Crippen LogP contribution in [0.3, 0.4) is 0 Å². The van der Waals surface area contributed by atoms with Gasteiger partial charge in [0.25, 0.3) is 0 Å². The van der Waals surface area contributed by atoms with Crippen molar-refractivity contribution in [3.05, 3.63) is 24.3 Å². The zero-order valence-corrected chi connectivity index (χ0v) is 7.17. The summed E-state index contributed by atoms with van der Waals surface area (Å²) in [7, 11) is 0. The normalized spacial score (nSPS) is 39.2. The fraction of sp³-hybridized carbons (Fsp3) is 0.500. The molecule has 0 saturated carbocycles. The van der Waals surface area contributed by atoms with Crippen LogP contribution in [0, 0.1) is 5.92 Å². The Hall–Kier alpha value is -0.890. The maximum absolute atomic E-state index is 11.1. The van der Waals surface area contributed by atoms with E-state index in [9.17, 15) is 4.79 Å². The first-order valence-electron chi connectivity index (χ1n) is 4.15. The van der Waals surface area contributed by atoms with Gasteiger partial charge in [-0.3, -0.25) is 4.79 Å². The van der Waals surface area contributed by atoms with E-state index in [0.29, 0.717) is 0 Å². The number of carbonyl (C=O) groups excluding carboxylic acids is 1. The van der Waals surface area contributed by atoms with Gasteiger partial charge in [-0.2, -0.15) is 0 Å². The summed E-state index contributed by atoms with van der Waals surface area (Å²) in [5.74, 6) is 0.240. The molecule has 2 saturated heterocycles. The van der Waals surface area contributed by atoms with Crippen molar-refractivity contribution < 1.29 is 9.53 Å². The monoisotopic (exact) mass is 164 g/mol. The van der Waals surface area contributed by atoms with Crippen LogP contribution < -0.4 is 0 Å². The number of hydrogen-bond acceptors (Lipinski definition) is 2. The fourth-order valence-corrected chi connectivity index (χ4v) is 2.00. The summed E-state index contributed by atoms with van der Waals surface area (Å²) in [6, 6.07) is 0. The quantitative estimate of drug-likeness (QED) is 0.586. The van der Waals surface area contributed by atoms with E-state index in [1.165, 1.54) is 0 Å². The van der Waals surface area contributed by atoms with Crippen molar-refractivity contribution >= 4 is 5.78 Å². The molecule has 0 radical (unpaired) electrons. The van der Waals surface area contributed by atoms with Gasteiger partial charge >= 0.3 is 0 Å². The Labute approximate surface area is 71.9 Å². The molecule has 0 spiro atoms. The molecular weight excluding hydrogens is 152 g/mol. The van der Waals surface area contributed by atoms with Gasteiger partial charge in [-0.1, -0.05) is 13.2 Å². The third kappa shape index (κ3) is 0.815. The lowest BCUT2D eigenvalue weighted by Crippen LogP contribution is -2.25. The maximum atomic E-state index is 11.1. The number of Topliss-reactive ketones (excluding diaryl/α,β-unsaturated/α-hetero) is 1. The van der Waals surface area contributed by atoms with Crippen LogP contribution in [0.1, 0.15) is 13.3 Å². The largest absolute Gasteiger partial charge is 0.365 e. The Kier molecular flexibility index (Phi) is 1.48. The lowest BCUT2D eigenvalue weighted by Gasteiger charge is -2.18. The molecule has 2 bridgehead atoms.